The van der Waals surface area contributed by atoms with Gasteiger partial charge < -0.3 is 10.0 Å². The number of rotatable bonds is 7. The van der Waals surface area contributed by atoms with Crippen LogP contribution in [0.15, 0.2) is 30.5 Å². The molecule has 1 saturated carbocycles. The van der Waals surface area contributed by atoms with Crippen molar-refractivity contribution < 1.29 is 27.9 Å². The molecule has 10 nitrogen and oxygen atoms in total. The zero-order valence-electron chi connectivity index (χ0n) is 22.0. The number of carboxylic acids is 1. The standard InChI is InChI=1S/C24H30ClN7O.C2HF3O2/c1-30-10-12-31(13-11-30)16-19-6-8-20(9-7-19)24(33)29-32(17-18-4-2-3-5-18)23-21(25)15-27-22(14-26)28-23;3-2(4,5)1(6)7/h6-9,15,18H,2-5,10-13,16-17H2,1H3,(H,29,33);(H,6,7). The predicted octanol–water partition coefficient (Wildman–Crippen LogP) is 3.72. The summed E-state index contributed by atoms with van der Waals surface area (Å²) >= 11 is 6.35. The highest BCUT2D eigenvalue weighted by Crippen LogP contribution is 2.29. The number of nitrogens with one attached hydrogen (secondary N) is 1. The zero-order chi connectivity index (χ0) is 29.3. The first-order valence-electron chi connectivity index (χ1n) is 12.8. The average Bonchev–Trinajstić information content (AvgIpc) is 3.43. The number of aromatic nitrogens is 2. The maximum absolute atomic E-state index is 13.1. The predicted molar refractivity (Wildman–Crippen MR) is 141 cm³/mol. The molecule has 1 aliphatic heterocycles. The minimum absolute atomic E-state index is 0.0216. The second-order valence-corrected chi connectivity index (χ2v) is 10.2. The summed E-state index contributed by atoms with van der Waals surface area (Å²) in [7, 11) is 2.15. The lowest BCUT2D eigenvalue weighted by atomic mass is 10.1. The fourth-order valence-electron chi connectivity index (χ4n) is 4.45. The topological polar surface area (TPSA) is 126 Å². The molecule has 2 heterocycles. The summed E-state index contributed by atoms with van der Waals surface area (Å²) in [6.07, 6.45) is 0.885. The summed E-state index contributed by atoms with van der Waals surface area (Å²) in [6, 6.07) is 9.69. The molecule has 0 radical (unpaired) electrons. The van der Waals surface area contributed by atoms with Gasteiger partial charge in [0.25, 0.3) is 5.91 Å². The van der Waals surface area contributed by atoms with Crippen LogP contribution in [-0.2, 0) is 11.3 Å². The molecular weight excluding hydrogens is 551 g/mol. The molecule has 1 saturated heterocycles. The number of aliphatic carboxylic acids is 1. The quantitative estimate of drug-likeness (QED) is 0.470. The maximum atomic E-state index is 13.1. The lowest BCUT2D eigenvalue weighted by molar-refractivity contribution is -0.192. The van der Waals surface area contributed by atoms with E-state index in [1.54, 1.807) is 5.01 Å². The van der Waals surface area contributed by atoms with Crippen molar-refractivity contribution in [3.63, 3.8) is 0 Å². The summed E-state index contributed by atoms with van der Waals surface area (Å²) in [6.45, 7) is 5.75. The van der Waals surface area contributed by atoms with Crippen LogP contribution in [0.1, 0.15) is 47.4 Å². The highest BCUT2D eigenvalue weighted by atomic mass is 35.5. The molecule has 0 bridgehead atoms. The first-order valence-corrected chi connectivity index (χ1v) is 13.1. The molecule has 0 spiro atoms. The van der Waals surface area contributed by atoms with Crippen LogP contribution < -0.4 is 10.4 Å². The van der Waals surface area contributed by atoms with E-state index in [1.807, 2.05) is 30.3 Å². The summed E-state index contributed by atoms with van der Waals surface area (Å²) in [5.74, 6) is -2.17. The van der Waals surface area contributed by atoms with Crippen LogP contribution in [0.2, 0.25) is 5.02 Å². The van der Waals surface area contributed by atoms with Crippen LogP contribution in [0.25, 0.3) is 0 Å². The zero-order valence-corrected chi connectivity index (χ0v) is 22.7. The monoisotopic (exact) mass is 581 g/mol. The molecule has 2 aromatic rings. The molecule has 14 heteroatoms. The minimum Gasteiger partial charge on any atom is -0.475 e. The molecule has 216 valence electrons. The summed E-state index contributed by atoms with van der Waals surface area (Å²) < 4.78 is 31.7. The number of hydrazine groups is 1. The SMILES string of the molecule is CN1CCN(Cc2ccc(C(=O)NN(CC3CCCC3)c3nc(C#N)ncc3Cl)cc2)CC1.O=C(O)C(F)(F)F. The number of likely N-dealkylation sites (N-methyl/N-ethyl adjacent to an activating group) is 1. The van der Waals surface area contributed by atoms with Crippen molar-refractivity contribution in [2.24, 2.45) is 5.92 Å². The second-order valence-electron chi connectivity index (χ2n) is 9.76. The first-order chi connectivity index (χ1) is 19.0. The van der Waals surface area contributed by atoms with E-state index in [1.165, 1.54) is 24.6 Å². The molecule has 40 heavy (non-hydrogen) atoms. The number of benzene rings is 1. The third-order valence-electron chi connectivity index (χ3n) is 6.69. The van der Waals surface area contributed by atoms with E-state index < -0.39 is 12.1 Å². The van der Waals surface area contributed by atoms with Crippen molar-refractivity contribution in [3.8, 4) is 6.07 Å². The van der Waals surface area contributed by atoms with Gasteiger partial charge in [0.1, 0.15) is 11.1 Å². The van der Waals surface area contributed by atoms with Crippen LogP contribution in [0.3, 0.4) is 0 Å². The number of nitrogens with zero attached hydrogens (tertiary/aromatic N) is 6. The molecule has 1 aromatic carbocycles. The van der Waals surface area contributed by atoms with Gasteiger partial charge in [-0.2, -0.15) is 23.4 Å². The van der Waals surface area contributed by atoms with Gasteiger partial charge in [-0.3, -0.25) is 20.1 Å². The number of carboxylic acid groups (broad SMARTS) is 1. The van der Waals surface area contributed by atoms with Gasteiger partial charge >= 0.3 is 12.1 Å². The molecule has 2 fully saturated rings. The Labute approximate surface area is 235 Å². The van der Waals surface area contributed by atoms with Crippen molar-refractivity contribution in [2.45, 2.75) is 38.4 Å². The summed E-state index contributed by atoms with van der Waals surface area (Å²) in [5.41, 5.74) is 4.73. The van der Waals surface area contributed by atoms with E-state index in [0.29, 0.717) is 28.9 Å². The summed E-state index contributed by atoms with van der Waals surface area (Å²) in [5, 5.41) is 18.3. The molecule has 1 amide bonds. The highest BCUT2D eigenvalue weighted by Gasteiger charge is 2.38. The third kappa shape index (κ3) is 9.32. The van der Waals surface area contributed by atoms with E-state index in [9.17, 15) is 23.2 Å². The number of hydrogen-bond donors (Lipinski definition) is 2. The van der Waals surface area contributed by atoms with Gasteiger partial charge in [0.15, 0.2) is 5.82 Å². The average molecular weight is 582 g/mol. The molecule has 4 rings (SSSR count). The molecule has 2 N–H and O–H groups in total. The van der Waals surface area contributed by atoms with Crippen molar-refractivity contribution in [3.05, 3.63) is 52.4 Å². The van der Waals surface area contributed by atoms with Crippen LogP contribution in [-0.4, -0.2) is 82.7 Å². The van der Waals surface area contributed by atoms with E-state index in [0.717, 1.165) is 45.6 Å². The van der Waals surface area contributed by atoms with Crippen molar-refractivity contribution in [1.29, 1.82) is 5.26 Å². The Bertz CT molecular complexity index is 1190. The number of amides is 1. The number of halogens is 4. The van der Waals surface area contributed by atoms with Crippen LogP contribution >= 0.6 is 11.6 Å². The van der Waals surface area contributed by atoms with Gasteiger partial charge in [0.05, 0.1) is 6.20 Å². The van der Waals surface area contributed by atoms with E-state index in [2.05, 4.69) is 32.2 Å². The number of alkyl halides is 3. The maximum Gasteiger partial charge on any atom is 0.490 e. The molecular formula is C26H31ClF3N7O3. The molecule has 1 aliphatic carbocycles. The highest BCUT2D eigenvalue weighted by molar-refractivity contribution is 6.32. The van der Waals surface area contributed by atoms with Gasteiger partial charge in [-0.05, 0) is 43.5 Å². The fraction of sp³-hybridized carbons (Fsp3) is 0.500. The normalized spacial score (nSPS) is 16.5. The number of carbonyl (C=O) groups is 2. The Morgan fingerprint density at radius 1 is 1.18 bits per heavy atom. The number of anilines is 1. The lowest BCUT2D eigenvalue weighted by Gasteiger charge is -2.32. The number of piperazine rings is 1. The van der Waals surface area contributed by atoms with Crippen molar-refractivity contribution >= 4 is 29.3 Å². The van der Waals surface area contributed by atoms with E-state index >= 15 is 0 Å². The van der Waals surface area contributed by atoms with Gasteiger partial charge in [0, 0.05) is 44.8 Å². The Balaban J connectivity index is 0.000000559. The second kappa shape index (κ2) is 14.2. The van der Waals surface area contributed by atoms with Crippen LogP contribution in [0, 0.1) is 17.2 Å². The molecule has 0 unspecified atom stereocenters. The van der Waals surface area contributed by atoms with Crippen molar-refractivity contribution in [2.75, 3.05) is 44.8 Å². The number of hydrogen-bond acceptors (Lipinski definition) is 8. The summed E-state index contributed by atoms with van der Waals surface area (Å²) in [4.78, 5) is 34.9. The van der Waals surface area contributed by atoms with Gasteiger partial charge in [-0.1, -0.05) is 36.6 Å². The van der Waals surface area contributed by atoms with Gasteiger partial charge in [0.2, 0.25) is 5.82 Å². The Kier molecular flexibility index (Phi) is 11.1. The smallest absolute Gasteiger partial charge is 0.475 e. The molecule has 2 aliphatic rings. The van der Waals surface area contributed by atoms with Crippen LogP contribution in [0.5, 0.6) is 0 Å². The number of nitriles is 1. The van der Waals surface area contributed by atoms with E-state index in [4.69, 9.17) is 21.5 Å². The largest absolute Gasteiger partial charge is 0.490 e. The van der Waals surface area contributed by atoms with Gasteiger partial charge in [-0.25, -0.2) is 9.78 Å². The van der Waals surface area contributed by atoms with Crippen LogP contribution in [0.4, 0.5) is 19.0 Å². The first kappa shape index (κ1) is 31.1. The number of carbonyl (C=O) groups excluding carboxylic acids is 1. The molecule has 1 aromatic heterocycles. The Morgan fingerprint density at radius 3 is 2.33 bits per heavy atom. The Morgan fingerprint density at radius 2 is 1.77 bits per heavy atom. The minimum atomic E-state index is -5.08. The van der Waals surface area contributed by atoms with Gasteiger partial charge in [-0.15, -0.1) is 0 Å². The van der Waals surface area contributed by atoms with Crippen molar-refractivity contribution in [1.82, 2.24) is 25.2 Å². The lowest BCUT2D eigenvalue weighted by Crippen LogP contribution is -2.45. The third-order valence-corrected chi connectivity index (χ3v) is 6.96. The Hall–Kier alpha value is -3.47. The molecule has 0 atom stereocenters. The van der Waals surface area contributed by atoms with E-state index in [-0.39, 0.29) is 11.7 Å². The fourth-order valence-corrected chi connectivity index (χ4v) is 4.64.